The van der Waals surface area contributed by atoms with Crippen molar-refractivity contribution in [1.82, 2.24) is 4.98 Å². The van der Waals surface area contributed by atoms with Gasteiger partial charge in [-0.3, -0.25) is 9.78 Å². The summed E-state index contributed by atoms with van der Waals surface area (Å²) in [5.74, 6) is 0.0225. The minimum atomic E-state index is 0.0225. The summed E-state index contributed by atoms with van der Waals surface area (Å²) in [5, 5.41) is 0. The summed E-state index contributed by atoms with van der Waals surface area (Å²) in [4.78, 5) is 18.7. The van der Waals surface area contributed by atoms with Crippen LogP contribution >= 0.6 is 0 Å². The molecule has 2 aromatic rings. The third kappa shape index (κ3) is 2.30. The van der Waals surface area contributed by atoms with Crippen LogP contribution in [0.3, 0.4) is 0 Å². The smallest absolute Gasteiger partial charge is 0.258 e. The lowest BCUT2D eigenvalue weighted by Gasteiger charge is -2.29. The molecule has 1 aromatic carbocycles. The highest BCUT2D eigenvalue weighted by Gasteiger charge is 2.23. The summed E-state index contributed by atoms with van der Waals surface area (Å²) in [6.45, 7) is 1.10. The molecule has 1 amide bonds. The summed E-state index contributed by atoms with van der Waals surface area (Å²) < 4.78 is 0. The second-order valence-corrected chi connectivity index (χ2v) is 4.93. The van der Waals surface area contributed by atoms with Crippen molar-refractivity contribution in [2.75, 3.05) is 11.4 Å². The first-order valence-electron chi connectivity index (χ1n) is 6.84. The molecule has 1 aliphatic heterocycles. The van der Waals surface area contributed by atoms with Crippen LogP contribution in [-0.2, 0) is 13.0 Å². The molecule has 0 fully saturated rings. The Hall–Kier alpha value is -2.20. The molecule has 1 aliphatic rings. The molecule has 0 spiro atoms. The van der Waals surface area contributed by atoms with E-state index in [1.165, 1.54) is 5.56 Å². The van der Waals surface area contributed by atoms with Gasteiger partial charge in [0.15, 0.2) is 0 Å². The summed E-state index contributed by atoms with van der Waals surface area (Å²) >= 11 is 0. The van der Waals surface area contributed by atoms with Gasteiger partial charge in [0.2, 0.25) is 0 Å². The quantitative estimate of drug-likeness (QED) is 0.906. The van der Waals surface area contributed by atoms with Gasteiger partial charge < -0.3 is 10.6 Å². The Morgan fingerprint density at radius 2 is 2.15 bits per heavy atom. The van der Waals surface area contributed by atoms with E-state index in [1.54, 1.807) is 18.3 Å². The predicted octanol–water partition coefficient (Wildman–Crippen LogP) is 2.13. The first kappa shape index (κ1) is 12.8. The highest BCUT2D eigenvalue weighted by atomic mass is 16.2. The molecule has 4 nitrogen and oxygen atoms in total. The summed E-state index contributed by atoms with van der Waals surface area (Å²) in [7, 11) is 0. The van der Waals surface area contributed by atoms with Crippen LogP contribution in [0.25, 0.3) is 0 Å². The van der Waals surface area contributed by atoms with E-state index < -0.39 is 0 Å². The van der Waals surface area contributed by atoms with Crippen LogP contribution in [0.2, 0.25) is 0 Å². The fraction of sp³-hybridized carbons (Fsp3) is 0.250. The van der Waals surface area contributed by atoms with Crippen LogP contribution < -0.4 is 10.6 Å². The molecule has 0 unspecified atom stereocenters. The lowest BCUT2D eigenvalue weighted by molar-refractivity contribution is 0.0985. The van der Waals surface area contributed by atoms with Crippen LogP contribution in [-0.4, -0.2) is 17.4 Å². The zero-order chi connectivity index (χ0) is 13.9. The Kier molecular flexibility index (Phi) is 3.48. The number of hydrogen-bond donors (Lipinski definition) is 1. The molecule has 1 aromatic heterocycles. The first-order valence-corrected chi connectivity index (χ1v) is 6.84. The number of rotatable bonds is 2. The van der Waals surface area contributed by atoms with Gasteiger partial charge in [0.1, 0.15) is 0 Å². The van der Waals surface area contributed by atoms with Crippen molar-refractivity contribution in [1.29, 1.82) is 0 Å². The van der Waals surface area contributed by atoms with Gasteiger partial charge in [-0.25, -0.2) is 0 Å². The Morgan fingerprint density at radius 3 is 3.00 bits per heavy atom. The Balaban J connectivity index is 1.95. The molecule has 20 heavy (non-hydrogen) atoms. The summed E-state index contributed by atoms with van der Waals surface area (Å²) in [5.41, 5.74) is 9.23. The molecule has 0 radical (unpaired) electrons. The van der Waals surface area contributed by atoms with E-state index >= 15 is 0 Å². The van der Waals surface area contributed by atoms with E-state index in [4.69, 9.17) is 5.73 Å². The SMILES string of the molecule is NCc1cc(C(=O)N2CCCc3ccccc32)ccn1. The maximum absolute atomic E-state index is 12.7. The molecule has 0 aliphatic carbocycles. The third-order valence-electron chi connectivity index (χ3n) is 3.63. The van der Waals surface area contributed by atoms with Crippen molar-refractivity contribution in [3.8, 4) is 0 Å². The van der Waals surface area contributed by atoms with Gasteiger partial charge >= 0.3 is 0 Å². The maximum Gasteiger partial charge on any atom is 0.258 e. The van der Waals surface area contributed by atoms with Gasteiger partial charge in [-0.1, -0.05) is 18.2 Å². The van der Waals surface area contributed by atoms with Crippen molar-refractivity contribution in [3.05, 3.63) is 59.4 Å². The number of para-hydroxylation sites is 1. The fourth-order valence-electron chi connectivity index (χ4n) is 2.62. The highest BCUT2D eigenvalue weighted by molar-refractivity contribution is 6.06. The Morgan fingerprint density at radius 1 is 1.30 bits per heavy atom. The number of aryl methyl sites for hydroxylation is 1. The second-order valence-electron chi connectivity index (χ2n) is 4.93. The molecular weight excluding hydrogens is 250 g/mol. The number of pyridine rings is 1. The van der Waals surface area contributed by atoms with Crippen LogP contribution in [0.5, 0.6) is 0 Å². The number of carbonyl (C=O) groups excluding carboxylic acids is 1. The lowest BCUT2D eigenvalue weighted by atomic mass is 10.0. The molecular formula is C16H17N3O. The van der Waals surface area contributed by atoms with E-state index in [0.717, 1.165) is 30.8 Å². The standard InChI is InChI=1S/C16H17N3O/c17-11-14-10-13(7-8-18-14)16(20)19-9-3-5-12-4-1-2-6-15(12)19/h1-2,4,6-8,10H,3,5,9,11,17H2. The molecule has 0 saturated heterocycles. The van der Waals surface area contributed by atoms with Crippen molar-refractivity contribution in [2.24, 2.45) is 5.73 Å². The monoisotopic (exact) mass is 267 g/mol. The van der Waals surface area contributed by atoms with Gasteiger partial charge in [0.25, 0.3) is 5.91 Å². The number of aromatic nitrogens is 1. The highest BCUT2D eigenvalue weighted by Crippen LogP contribution is 2.28. The van der Waals surface area contributed by atoms with E-state index in [2.05, 4.69) is 11.1 Å². The third-order valence-corrected chi connectivity index (χ3v) is 3.63. The molecule has 102 valence electrons. The first-order chi connectivity index (χ1) is 9.79. The molecule has 2 heterocycles. The van der Waals surface area contributed by atoms with Crippen molar-refractivity contribution in [3.63, 3.8) is 0 Å². The minimum Gasteiger partial charge on any atom is -0.325 e. The minimum absolute atomic E-state index is 0.0225. The van der Waals surface area contributed by atoms with Crippen molar-refractivity contribution < 1.29 is 4.79 Å². The van der Waals surface area contributed by atoms with Gasteiger partial charge in [0.05, 0.1) is 5.69 Å². The van der Waals surface area contributed by atoms with Gasteiger partial charge in [0, 0.05) is 30.5 Å². The number of anilines is 1. The number of nitrogens with zero attached hydrogens (tertiary/aromatic N) is 2. The predicted molar refractivity (Wildman–Crippen MR) is 78.6 cm³/mol. The van der Waals surface area contributed by atoms with Crippen LogP contribution in [0.1, 0.15) is 28.0 Å². The topological polar surface area (TPSA) is 59.2 Å². The molecule has 0 saturated carbocycles. The van der Waals surface area contributed by atoms with Crippen LogP contribution in [0.4, 0.5) is 5.69 Å². The summed E-state index contributed by atoms with van der Waals surface area (Å²) in [6, 6.07) is 11.6. The number of amides is 1. The molecule has 0 atom stereocenters. The van der Waals surface area contributed by atoms with Gasteiger partial charge in [-0.2, -0.15) is 0 Å². The average molecular weight is 267 g/mol. The van der Waals surface area contributed by atoms with Crippen molar-refractivity contribution in [2.45, 2.75) is 19.4 Å². The van der Waals surface area contributed by atoms with Gasteiger partial charge in [-0.05, 0) is 36.6 Å². The second kappa shape index (κ2) is 5.43. The largest absolute Gasteiger partial charge is 0.325 e. The Labute approximate surface area is 118 Å². The molecule has 2 N–H and O–H groups in total. The maximum atomic E-state index is 12.7. The van der Waals surface area contributed by atoms with Crippen LogP contribution in [0.15, 0.2) is 42.6 Å². The number of fused-ring (bicyclic) bond motifs is 1. The van der Waals surface area contributed by atoms with Crippen molar-refractivity contribution >= 4 is 11.6 Å². The zero-order valence-electron chi connectivity index (χ0n) is 11.2. The summed E-state index contributed by atoms with van der Waals surface area (Å²) in [6.07, 6.45) is 3.67. The average Bonchev–Trinajstić information content (AvgIpc) is 2.53. The fourth-order valence-corrected chi connectivity index (χ4v) is 2.62. The van der Waals surface area contributed by atoms with E-state index in [9.17, 15) is 4.79 Å². The van der Waals surface area contributed by atoms with Gasteiger partial charge in [-0.15, -0.1) is 0 Å². The number of carbonyl (C=O) groups is 1. The number of nitrogens with two attached hydrogens (primary N) is 1. The van der Waals surface area contributed by atoms with E-state index in [1.807, 2.05) is 23.1 Å². The Bertz CT molecular complexity index is 639. The number of benzene rings is 1. The zero-order valence-corrected chi connectivity index (χ0v) is 11.2. The molecule has 0 bridgehead atoms. The molecule has 3 rings (SSSR count). The van der Waals surface area contributed by atoms with E-state index in [-0.39, 0.29) is 5.91 Å². The van der Waals surface area contributed by atoms with E-state index in [0.29, 0.717) is 12.1 Å². The molecule has 4 heteroatoms. The number of hydrogen-bond acceptors (Lipinski definition) is 3. The normalized spacial score (nSPS) is 13.9. The van der Waals surface area contributed by atoms with Crippen LogP contribution in [0, 0.1) is 0 Å². The lowest BCUT2D eigenvalue weighted by Crippen LogP contribution is -2.35.